The molecule has 0 spiro atoms. The van der Waals surface area contributed by atoms with E-state index in [1.54, 1.807) is 0 Å². The zero-order chi connectivity index (χ0) is 29.0. The molecule has 3 aromatic heterocycles. The van der Waals surface area contributed by atoms with E-state index >= 15 is 0 Å². The highest BCUT2D eigenvalue weighted by molar-refractivity contribution is 7.26. The molecule has 0 fully saturated rings. The van der Waals surface area contributed by atoms with Gasteiger partial charge in [0, 0.05) is 55.0 Å². The minimum atomic E-state index is 0.828. The normalized spacial score (nSPS) is 12.7. The lowest BCUT2D eigenvalue weighted by atomic mass is 9.98. The van der Waals surface area contributed by atoms with Crippen LogP contribution in [0.25, 0.3) is 75.8 Å². The fourth-order valence-corrected chi connectivity index (χ4v) is 7.86. The summed E-state index contributed by atoms with van der Waals surface area (Å²) in [6.07, 6.45) is 4.78. The average molecular weight is 583 g/mol. The Hall–Kier alpha value is -5.32. The quantitative estimate of drug-likeness (QED) is 0.207. The third-order valence-electron chi connectivity index (χ3n) is 8.72. The Morgan fingerprint density at radius 2 is 1.27 bits per heavy atom. The molecular weight excluding hydrogens is 557 g/mol. The molecule has 0 N–H and O–H groups in total. The number of pyridine rings is 1. The maximum absolute atomic E-state index is 6.22. The van der Waals surface area contributed by atoms with Gasteiger partial charge in [0.05, 0.1) is 11.9 Å². The molecule has 44 heavy (non-hydrogen) atoms. The SMILES string of the molecule is C1=NCCc2c1oc1cc(-c3cccc4c3sc3c(-c5ccc(-c6ccc(-c7ccccc7)nc6)cc5)cccc34)ccc21. The summed E-state index contributed by atoms with van der Waals surface area (Å²) in [6, 6.07) is 43.4. The zero-order valence-electron chi connectivity index (χ0n) is 23.8. The third kappa shape index (κ3) is 4.10. The number of hydrogen-bond acceptors (Lipinski definition) is 4. The van der Waals surface area contributed by atoms with Crippen LogP contribution in [0.5, 0.6) is 0 Å². The second-order valence-corrected chi connectivity index (χ2v) is 12.3. The van der Waals surface area contributed by atoms with Gasteiger partial charge in [-0.25, -0.2) is 0 Å². The van der Waals surface area contributed by atoms with Gasteiger partial charge in [0.2, 0.25) is 0 Å². The first-order valence-electron chi connectivity index (χ1n) is 14.9. The van der Waals surface area contributed by atoms with E-state index in [0.717, 1.165) is 46.7 Å². The summed E-state index contributed by atoms with van der Waals surface area (Å²) in [6.45, 7) is 0.828. The number of fused-ring (bicyclic) bond motifs is 6. The fourth-order valence-electron chi connectivity index (χ4n) is 6.48. The van der Waals surface area contributed by atoms with E-state index in [1.807, 2.05) is 41.9 Å². The number of furan rings is 1. The van der Waals surface area contributed by atoms with Gasteiger partial charge in [-0.15, -0.1) is 11.3 Å². The molecule has 3 nitrogen and oxygen atoms in total. The van der Waals surface area contributed by atoms with Gasteiger partial charge in [-0.1, -0.05) is 109 Å². The number of thiophene rings is 1. The number of benzene rings is 5. The highest BCUT2D eigenvalue weighted by Crippen LogP contribution is 2.44. The Labute approximate surface area is 258 Å². The molecule has 4 heterocycles. The third-order valence-corrected chi connectivity index (χ3v) is 10.0. The van der Waals surface area contributed by atoms with Crippen molar-refractivity contribution in [2.45, 2.75) is 6.42 Å². The first kappa shape index (κ1) is 25.2. The molecule has 9 rings (SSSR count). The highest BCUT2D eigenvalue weighted by Gasteiger charge is 2.18. The standard InChI is InChI=1S/C40H26N2OS/c1-2-6-27(7-3-1)36-19-17-29(23-42-36)25-12-14-26(15-13-25)30-8-4-10-34-35-11-5-9-31(40(35)44-39(30)34)28-16-18-32-33-20-21-41-24-38(33)43-37(32)22-28/h1-19,22-24H,20-21H2. The van der Waals surface area contributed by atoms with Crippen molar-refractivity contribution in [2.75, 3.05) is 6.54 Å². The monoisotopic (exact) mass is 582 g/mol. The van der Waals surface area contributed by atoms with Crippen molar-refractivity contribution in [3.63, 3.8) is 0 Å². The van der Waals surface area contributed by atoms with Crippen LogP contribution in [-0.4, -0.2) is 17.7 Å². The summed E-state index contributed by atoms with van der Waals surface area (Å²) < 4.78 is 8.83. The molecule has 5 aromatic carbocycles. The molecule has 208 valence electrons. The molecule has 8 aromatic rings. The Morgan fingerprint density at radius 1 is 0.568 bits per heavy atom. The van der Waals surface area contributed by atoms with E-state index in [-0.39, 0.29) is 0 Å². The molecule has 0 unspecified atom stereocenters. The Balaban J connectivity index is 1.09. The van der Waals surface area contributed by atoms with Crippen molar-refractivity contribution in [1.82, 2.24) is 4.98 Å². The van der Waals surface area contributed by atoms with Crippen LogP contribution in [0.1, 0.15) is 11.3 Å². The maximum Gasteiger partial charge on any atom is 0.149 e. The van der Waals surface area contributed by atoms with E-state index < -0.39 is 0 Å². The summed E-state index contributed by atoms with van der Waals surface area (Å²) in [4.78, 5) is 9.13. The van der Waals surface area contributed by atoms with E-state index in [0.29, 0.717) is 0 Å². The molecule has 0 radical (unpaired) electrons. The number of nitrogens with zero attached hydrogens (tertiary/aromatic N) is 2. The summed E-state index contributed by atoms with van der Waals surface area (Å²) >= 11 is 1.88. The highest BCUT2D eigenvalue weighted by atomic mass is 32.1. The van der Waals surface area contributed by atoms with Crippen LogP contribution in [0.3, 0.4) is 0 Å². The first-order chi connectivity index (χ1) is 21.8. The molecule has 0 atom stereocenters. The minimum absolute atomic E-state index is 0.828. The number of rotatable bonds is 4. The van der Waals surface area contributed by atoms with Crippen molar-refractivity contribution in [1.29, 1.82) is 0 Å². The smallest absolute Gasteiger partial charge is 0.149 e. The van der Waals surface area contributed by atoms with Gasteiger partial charge in [0.25, 0.3) is 0 Å². The van der Waals surface area contributed by atoms with E-state index in [1.165, 1.54) is 53.4 Å². The Morgan fingerprint density at radius 3 is 2.02 bits per heavy atom. The van der Waals surface area contributed by atoms with Gasteiger partial charge in [-0.3, -0.25) is 9.98 Å². The van der Waals surface area contributed by atoms with E-state index in [9.17, 15) is 0 Å². The van der Waals surface area contributed by atoms with Gasteiger partial charge < -0.3 is 4.42 Å². The molecule has 0 amide bonds. The predicted octanol–water partition coefficient (Wildman–Crippen LogP) is 10.8. The maximum atomic E-state index is 6.22. The van der Waals surface area contributed by atoms with Gasteiger partial charge in [0.1, 0.15) is 11.3 Å². The van der Waals surface area contributed by atoms with Crippen LogP contribution in [-0.2, 0) is 6.42 Å². The largest absolute Gasteiger partial charge is 0.455 e. The van der Waals surface area contributed by atoms with Crippen LogP contribution in [0.15, 0.2) is 137 Å². The van der Waals surface area contributed by atoms with Crippen LogP contribution in [0.2, 0.25) is 0 Å². The lowest BCUT2D eigenvalue weighted by Gasteiger charge is -2.07. The van der Waals surface area contributed by atoms with E-state index in [2.05, 4.69) is 108 Å². The summed E-state index contributed by atoms with van der Waals surface area (Å²) in [5.74, 6) is 0.902. The van der Waals surface area contributed by atoms with Crippen molar-refractivity contribution in [2.24, 2.45) is 4.99 Å². The van der Waals surface area contributed by atoms with Crippen molar-refractivity contribution in [3.05, 3.63) is 139 Å². The molecule has 1 aliphatic rings. The second-order valence-electron chi connectivity index (χ2n) is 11.3. The van der Waals surface area contributed by atoms with Crippen molar-refractivity contribution < 1.29 is 4.42 Å². The molecular formula is C40H26N2OS. The fraction of sp³-hybridized carbons (Fsp3) is 0.0500. The molecule has 0 aliphatic carbocycles. The zero-order valence-corrected chi connectivity index (χ0v) is 24.6. The first-order valence-corrected chi connectivity index (χ1v) is 15.7. The van der Waals surface area contributed by atoms with Crippen molar-refractivity contribution >= 4 is 48.7 Å². The molecule has 0 bridgehead atoms. The molecule has 0 saturated heterocycles. The van der Waals surface area contributed by atoms with Crippen LogP contribution < -0.4 is 0 Å². The van der Waals surface area contributed by atoms with Gasteiger partial charge >= 0.3 is 0 Å². The summed E-state index contributed by atoms with van der Waals surface area (Å²) in [5.41, 5.74) is 11.5. The van der Waals surface area contributed by atoms with Crippen LogP contribution in [0.4, 0.5) is 0 Å². The lowest BCUT2D eigenvalue weighted by Crippen LogP contribution is -1.99. The minimum Gasteiger partial charge on any atom is -0.455 e. The lowest BCUT2D eigenvalue weighted by molar-refractivity contribution is 0.598. The molecule has 0 saturated carbocycles. The molecule has 1 aliphatic heterocycles. The van der Waals surface area contributed by atoms with Crippen molar-refractivity contribution in [3.8, 4) is 44.6 Å². The number of hydrogen-bond donors (Lipinski definition) is 0. The number of aliphatic imine (C=N–C) groups is 1. The summed E-state index contributed by atoms with van der Waals surface area (Å²) in [5, 5.41) is 3.78. The Kier molecular flexibility index (Phi) is 5.81. The van der Waals surface area contributed by atoms with Gasteiger partial charge in [-0.05, 0) is 46.4 Å². The predicted molar refractivity (Wildman–Crippen MR) is 185 cm³/mol. The topological polar surface area (TPSA) is 38.4 Å². The Bertz CT molecular complexity index is 2360. The van der Waals surface area contributed by atoms with Gasteiger partial charge in [-0.2, -0.15) is 0 Å². The van der Waals surface area contributed by atoms with E-state index in [4.69, 9.17) is 9.40 Å². The average Bonchev–Trinajstić information content (AvgIpc) is 3.67. The van der Waals surface area contributed by atoms with Crippen LogP contribution in [0, 0.1) is 0 Å². The molecule has 4 heteroatoms. The second kappa shape index (κ2) is 10.1. The summed E-state index contributed by atoms with van der Waals surface area (Å²) in [7, 11) is 0. The van der Waals surface area contributed by atoms with Gasteiger partial charge in [0.15, 0.2) is 0 Å². The van der Waals surface area contributed by atoms with Crippen LogP contribution >= 0.6 is 11.3 Å². The number of aromatic nitrogens is 1.